The van der Waals surface area contributed by atoms with Gasteiger partial charge in [-0.15, -0.1) is 0 Å². The second kappa shape index (κ2) is 29.1. The number of rotatable bonds is 0. The summed E-state index contributed by atoms with van der Waals surface area (Å²) in [7, 11) is 0. The Morgan fingerprint density at radius 2 is 0.167 bits per heavy atom. The molecule has 516 valence electrons. The number of aromatic nitrogens is 18. The predicted octanol–water partition coefficient (Wildman–Crippen LogP) is 27.2. The molecule has 6 aromatic carbocycles. The maximum Gasteiger partial charge on any atom is 0.166 e. The first-order valence-corrected chi connectivity index (χ1v) is 36.7. The summed E-state index contributed by atoms with van der Waals surface area (Å²) >= 11 is 172. The van der Waals surface area contributed by atoms with Gasteiger partial charge in [-0.3, -0.25) is 0 Å². The zero-order chi connectivity index (χ0) is 73.9. The molecule has 22 rings (SSSR count). The summed E-state index contributed by atoms with van der Waals surface area (Å²) in [5.74, 6) is 0.451. The molecule has 16 heterocycles. The SMILES string of the molecule is Cc1nc2nc(n1)c1c(Cl)c(Cl)c(c(Cl)c1Cl)c1nc(C)nc(n1)c1c(Cl)c(Cl)c(c(Cl)c1Cl)c1nc(C)nc(n1)c1c(Cl)c(Cl)c(c(Cl)c1Cl)c1nc(C)nc(n1)c1c(Cl)c(Cl)c(c(Cl)c1Cl)c1nc(C)nc(n1)c1c(Cl)c(Cl)c(c(Cl)c1Cl)c1nc(C)nc(n1)c1c(Cl)c(Cl)c2c(Cl)c1Cl. The molecular formula is C60H18Cl24N18. The number of halogens is 24. The van der Waals surface area contributed by atoms with Crippen molar-refractivity contribution in [1.82, 2.24) is 89.7 Å². The van der Waals surface area contributed by atoms with Gasteiger partial charge >= 0.3 is 0 Å². The van der Waals surface area contributed by atoms with Gasteiger partial charge in [0.2, 0.25) is 0 Å². The second-order valence-corrected chi connectivity index (χ2v) is 30.3. The van der Waals surface area contributed by atoms with Crippen molar-refractivity contribution in [1.29, 1.82) is 0 Å². The Morgan fingerprint density at radius 1 is 0.108 bits per heavy atom. The van der Waals surface area contributed by atoms with Crippen molar-refractivity contribution in [2.24, 2.45) is 0 Å². The van der Waals surface area contributed by atoms with Gasteiger partial charge in [-0.1, -0.05) is 278 Å². The minimum atomic E-state index is -0.245. The van der Waals surface area contributed by atoms with Crippen LogP contribution in [0.5, 0.6) is 0 Å². The molecule has 0 atom stereocenters. The molecule has 102 heavy (non-hydrogen) atoms. The number of nitrogens with zero attached hydrogens (tertiary/aromatic N) is 18. The fourth-order valence-corrected chi connectivity index (χ4v) is 17.5. The first-order chi connectivity index (χ1) is 48.0. The molecule has 0 aliphatic heterocycles. The van der Waals surface area contributed by atoms with Crippen molar-refractivity contribution in [2.75, 3.05) is 0 Å². The maximum absolute atomic E-state index is 7.16. The lowest BCUT2D eigenvalue weighted by atomic mass is 10.2. The summed E-state index contributed by atoms with van der Waals surface area (Å²) in [5.41, 5.74) is -2.25. The van der Waals surface area contributed by atoms with Gasteiger partial charge in [0.05, 0.1) is 185 Å². The Labute approximate surface area is 689 Å². The average molecular weight is 1840 g/mol. The van der Waals surface area contributed by atoms with E-state index in [9.17, 15) is 0 Å². The molecule has 0 spiro atoms. The van der Waals surface area contributed by atoms with Crippen LogP contribution in [-0.2, 0) is 0 Å². The lowest BCUT2D eigenvalue weighted by Gasteiger charge is -2.12. The van der Waals surface area contributed by atoms with Crippen LogP contribution in [0.4, 0.5) is 0 Å². The standard InChI is InChI=1S/C60H18Cl24N18/c1-7-85-49-13-25(61)29(65)15(30(66)26(13)62)51-87-8(2)89-53(98-51)17-33(69)37(73)19(38(74)34(17)70)55-91-10(4)93-57(100-55)21-41(77)45(81)23(46(82)42(21)78)59-95-12(6)96-60(102-59)24-47(83)43(79)22(44(80)48(24)84)58-94-11(5)92-56(101-58)20-39(75)35(71)18(36(72)40(20)76)54-90-9(3)88-52(99-54)16-31(67)27(63)14(28(64)32(16)68)50(86-7)97-49/h1-6H3. The third kappa shape index (κ3) is 12.9. The molecule has 24 bridgehead atoms. The Bertz CT molecular complexity index is 5000. The fraction of sp³-hybridized carbons (Fsp3) is 0.100. The largest absolute Gasteiger partial charge is 0.213 e. The van der Waals surface area contributed by atoms with Crippen LogP contribution in [0.2, 0.25) is 121 Å². The van der Waals surface area contributed by atoms with Gasteiger partial charge in [-0.25, -0.2) is 89.7 Å². The Morgan fingerprint density at radius 3 is 0.225 bits per heavy atom. The van der Waals surface area contributed by atoms with E-state index in [0.29, 0.717) is 0 Å². The van der Waals surface area contributed by atoms with Crippen LogP contribution in [0, 0.1) is 41.5 Å². The van der Waals surface area contributed by atoms with Gasteiger partial charge in [0, 0.05) is 0 Å². The summed E-state index contributed by atoms with van der Waals surface area (Å²) in [5, 5.41) is -7.03. The second-order valence-electron chi connectivity index (χ2n) is 21.2. The molecule has 22 aromatic rings. The Hall–Kier alpha value is -3.66. The smallest absolute Gasteiger partial charge is 0.166 e. The Balaban J connectivity index is 1.18. The minimum absolute atomic E-state index is 0.0752. The zero-order valence-electron chi connectivity index (χ0n) is 50.1. The molecule has 0 aliphatic carbocycles. The molecule has 0 N–H and O–H groups in total. The number of aryl methyl sites for hydroxylation is 6. The molecule has 0 amide bonds. The summed E-state index contributed by atoms with van der Waals surface area (Å²) in [6, 6.07) is 0. The van der Waals surface area contributed by atoms with Gasteiger partial charge < -0.3 is 0 Å². The average Bonchev–Trinajstić information content (AvgIpc) is 0.751. The molecule has 0 unspecified atom stereocenters. The number of hydrogen-bond donors (Lipinski definition) is 0. The van der Waals surface area contributed by atoms with E-state index in [1.165, 1.54) is 41.5 Å². The van der Waals surface area contributed by atoms with Crippen molar-refractivity contribution in [3.05, 3.63) is 155 Å². The normalized spacial score (nSPS) is 11.8. The first kappa shape index (κ1) is 76.5. The molecule has 0 saturated carbocycles. The summed E-state index contributed by atoms with van der Waals surface area (Å²) in [6.07, 6.45) is 0. The first-order valence-electron chi connectivity index (χ1n) is 27.6. The van der Waals surface area contributed by atoms with Crippen LogP contribution in [-0.4, -0.2) is 89.7 Å². The highest BCUT2D eigenvalue weighted by atomic mass is 35.5. The molecule has 18 nitrogen and oxygen atoms in total. The summed E-state index contributed by atoms with van der Waals surface area (Å²) in [6.45, 7) is 9.14. The molecule has 0 aliphatic rings. The van der Waals surface area contributed by atoms with Gasteiger partial charge in [0.15, 0.2) is 67.8 Å². The Kier molecular flexibility index (Phi) is 21.8. The molecule has 42 heteroatoms. The molecule has 16 aromatic heterocycles. The predicted molar refractivity (Wildman–Crippen MR) is 425 cm³/mol. The van der Waals surface area contributed by atoms with Crippen LogP contribution >= 0.6 is 278 Å². The van der Waals surface area contributed by atoms with Crippen molar-refractivity contribution < 1.29 is 0 Å². The minimum Gasteiger partial charge on any atom is -0.213 e. The third-order valence-electron chi connectivity index (χ3n) is 14.7. The van der Waals surface area contributed by atoms with E-state index in [2.05, 4.69) is 89.7 Å². The topological polar surface area (TPSA) is 232 Å². The summed E-state index contributed by atoms with van der Waals surface area (Å²) in [4.78, 5) is 82.5. The van der Waals surface area contributed by atoms with E-state index in [0.717, 1.165) is 0 Å². The van der Waals surface area contributed by atoms with Crippen LogP contribution in [0.3, 0.4) is 0 Å². The quantitative estimate of drug-likeness (QED) is 0.128. The zero-order valence-corrected chi connectivity index (χ0v) is 68.3. The van der Waals surface area contributed by atoms with Crippen LogP contribution in [0.1, 0.15) is 34.9 Å². The lowest BCUT2D eigenvalue weighted by Crippen LogP contribution is -1.98. The molecule has 0 fully saturated rings. The number of hydrogen-bond acceptors (Lipinski definition) is 18. The van der Waals surface area contributed by atoms with Crippen molar-refractivity contribution in [3.8, 4) is 0 Å². The highest BCUT2D eigenvalue weighted by Crippen LogP contribution is 2.52. The maximum atomic E-state index is 7.16. The third-order valence-corrected chi connectivity index (χ3v) is 25.0. The van der Waals surface area contributed by atoms with Gasteiger partial charge in [-0.05, 0) is 41.5 Å². The van der Waals surface area contributed by atoms with Gasteiger partial charge in [0.1, 0.15) is 34.9 Å². The monoisotopic (exact) mass is 1830 g/mol. The highest BCUT2D eigenvalue weighted by Gasteiger charge is 2.29. The van der Waals surface area contributed by atoms with Crippen molar-refractivity contribution in [3.63, 3.8) is 0 Å². The number of benzene rings is 6. The summed E-state index contributed by atoms with van der Waals surface area (Å²) < 4.78 is 0. The molecule has 0 radical (unpaired) electrons. The van der Waals surface area contributed by atoms with E-state index in [4.69, 9.17) is 278 Å². The van der Waals surface area contributed by atoms with Crippen LogP contribution < -0.4 is 0 Å². The van der Waals surface area contributed by atoms with Gasteiger partial charge in [-0.2, -0.15) is 0 Å². The van der Waals surface area contributed by atoms with E-state index in [-0.39, 0.29) is 288 Å². The lowest BCUT2D eigenvalue weighted by molar-refractivity contribution is 1.07. The van der Waals surface area contributed by atoms with E-state index < -0.39 is 0 Å². The van der Waals surface area contributed by atoms with E-state index >= 15 is 0 Å². The van der Waals surface area contributed by atoms with Crippen molar-refractivity contribution in [2.45, 2.75) is 41.5 Å². The van der Waals surface area contributed by atoms with Crippen molar-refractivity contribution >= 4 is 411 Å². The fourth-order valence-electron chi connectivity index (χ4n) is 10.4. The van der Waals surface area contributed by atoms with Gasteiger partial charge in [0.25, 0.3) is 0 Å². The molecular weight excluding hydrogens is 1820 g/mol. The van der Waals surface area contributed by atoms with Crippen LogP contribution in [0.25, 0.3) is 132 Å². The van der Waals surface area contributed by atoms with E-state index in [1.807, 2.05) is 0 Å². The van der Waals surface area contributed by atoms with Crippen LogP contribution in [0.15, 0.2) is 0 Å². The van der Waals surface area contributed by atoms with E-state index in [1.54, 1.807) is 0 Å². The highest BCUT2D eigenvalue weighted by molar-refractivity contribution is 6.62. The molecule has 0 saturated heterocycles.